The second-order valence-electron chi connectivity index (χ2n) is 11.6. The molecule has 2 fully saturated rings. The van der Waals surface area contributed by atoms with Crippen LogP contribution < -0.4 is 5.32 Å². The van der Waals surface area contributed by atoms with Gasteiger partial charge in [-0.3, -0.25) is 14.5 Å². The lowest BCUT2D eigenvalue weighted by Gasteiger charge is -2.38. The zero-order valence-corrected chi connectivity index (χ0v) is 24.9. The summed E-state index contributed by atoms with van der Waals surface area (Å²) in [6.45, 7) is 2.16. The number of carboxylic acids is 1. The lowest BCUT2D eigenvalue weighted by atomic mass is 9.97. The fourth-order valence-corrected chi connectivity index (χ4v) is 6.10. The van der Waals surface area contributed by atoms with Crippen molar-refractivity contribution in [3.05, 3.63) is 95.1 Å². The van der Waals surface area contributed by atoms with E-state index in [0.29, 0.717) is 19.4 Å². The SMILES string of the molecule is O=C(O)CCCC(=O)NCc1ccccc1-c1ccc([C@@H]2O[C@H](CN3CCC[C@H]3CO)C[C@H](c3ccc(CO)cc3)O2)cc1. The maximum absolute atomic E-state index is 12.2. The lowest BCUT2D eigenvalue weighted by Crippen LogP contribution is -2.42. The molecule has 3 aromatic rings. The van der Waals surface area contributed by atoms with Gasteiger partial charge >= 0.3 is 5.97 Å². The predicted octanol–water partition coefficient (Wildman–Crippen LogP) is 4.72. The standard InChI is InChI=1S/C35H42N2O7/c38-22-24-10-12-26(13-11-24)32-19-30(21-37-18-4-6-29(37)23-39)43-35(44-32)27-16-14-25(15-17-27)31-7-2-1-5-28(31)20-36-33(40)8-3-9-34(41)42/h1-2,5,7,10-17,29-30,32,35,38-39H,3-4,6,8-9,18-23H2,(H,36,40)(H,41,42)/t29-,30-,32+,35+/m0/s1. The number of rotatable bonds is 13. The van der Waals surface area contributed by atoms with E-state index in [1.165, 1.54) is 0 Å². The average Bonchev–Trinajstić information content (AvgIpc) is 3.50. The molecule has 0 bridgehead atoms. The van der Waals surface area contributed by atoms with Gasteiger partial charge < -0.3 is 30.1 Å². The van der Waals surface area contributed by atoms with Crippen LogP contribution in [0.1, 0.15) is 73.2 Å². The van der Waals surface area contributed by atoms with Crippen LogP contribution in [0.5, 0.6) is 0 Å². The zero-order chi connectivity index (χ0) is 30.9. The highest BCUT2D eigenvalue weighted by Gasteiger charge is 2.35. The number of carboxylic acid groups (broad SMARTS) is 1. The molecule has 2 aliphatic heterocycles. The first-order valence-corrected chi connectivity index (χ1v) is 15.5. The minimum absolute atomic E-state index is 0.00763. The van der Waals surface area contributed by atoms with Gasteiger partial charge in [0.1, 0.15) is 0 Å². The lowest BCUT2D eigenvalue weighted by molar-refractivity contribution is -0.253. The first-order chi connectivity index (χ1) is 21.4. The molecule has 4 atom stereocenters. The van der Waals surface area contributed by atoms with Crippen LogP contribution >= 0.6 is 0 Å². The molecule has 4 N–H and O–H groups in total. The summed E-state index contributed by atoms with van der Waals surface area (Å²) in [6.07, 6.45) is 2.39. The molecule has 9 heteroatoms. The molecule has 2 heterocycles. The van der Waals surface area contributed by atoms with Gasteiger partial charge in [-0.1, -0.05) is 72.8 Å². The smallest absolute Gasteiger partial charge is 0.303 e. The Morgan fingerprint density at radius 2 is 1.66 bits per heavy atom. The highest BCUT2D eigenvalue weighted by atomic mass is 16.7. The van der Waals surface area contributed by atoms with Gasteiger partial charge in [-0.25, -0.2) is 0 Å². The van der Waals surface area contributed by atoms with Crippen molar-refractivity contribution in [1.29, 1.82) is 0 Å². The van der Waals surface area contributed by atoms with E-state index in [9.17, 15) is 19.8 Å². The van der Waals surface area contributed by atoms with Crippen LogP contribution in [0.3, 0.4) is 0 Å². The minimum atomic E-state index is -0.903. The highest BCUT2D eigenvalue weighted by Crippen LogP contribution is 2.39. The summed E-state index contributed by atoms with van der Waals surface area (Å²) >= 11 is 0. The zero-order valence-electron chi connectivity index (χ0n) is 24.9. The summed E-state index contributed by atoms with van der Waals surface area (Å²) in [5.41, 5.74) is 5.75. The van der Waals surface area contributed by atoms with Crippen molar-refractivity contribution in [1.82, 2.24) is 10.2 Å². The van der Waals surface area contributed by atoms with E-state index >= 15 is 0 Å². The largest absolute Gasteiger partial charge is 0.481 e. The molecule has 9 nitrogen and oxygen atoms in total. The molecule has 3 aromatic carbocycles. The fraction of sp³-hybridized carbons (Fsp3) is 0.429. The third-order valence-electron chi connectivity index (χ3n) is 8.54. The predicted molar refractivity (Wildman–Crippen MR) is 165 cm³/mol. The van der Waals surface area contributed by atoms with Crippen molar-refractivity contribution in [3.8, 4) is 11.1 Å². The molecule has 1 amide bonds. The molecular formula is C35H42N2O7. The van der Waals surface area contributed by atoms with Crippen LogP contribution in [-0.4, -0.2) is 63.9 Å². The number of aliphatic hydroxyl groups is 2. The Bertz CT molecular complexity index is 1380. The molecule has 2 saturated heterocycles. The Labute approximate surface area is 258 Å². The van der Waals surface area contributed by atoms with Gasteiger partial charge in [-0.2, -0.15) is 0 Å². The van der Waals surface area contributed by atoms with E-state index in [0.717, 1.165) is 59.3 Å². The Balaban J connectivity index is 1.30. The van der Waals surface area contributed by atoms with Crippen LogP contribution in [0.25, 0.3) is 11.1 Å². The van der Waals surface area contributed by atoms with Crippen molar-refractivity contribution in [2.75, 3.05) is 19.7 Å². The second kappa shape index (κ2) is 15.4. The van der Waals surface area contributed by atoms with Gasteiger partial charge in [0.2, 0.25) is 5.91 Å². The van der Waals surface area contributed by atoms with Crippen molar-refractivity contribution in [2.24, 2.45) is 0 Å². The van der Waals surface area contributed by atoms with Gasteiger partial charge in [0.05, 0.1) is 25.4 Å². The normalized spacial score (nSPS) is 22.1. The number of aliphatic carboxylic acids is 1. The van der Waals surface area contributed by atoms with Gasteiger partial charge in [0.25, 0.3) is 0 Å². The van der Waals surface area contributed by atoms with Crippen molar-refractivity contribution >= 4 is 11.9 Å². The number of carbonyl (C=O) groups is 2. The van der Waals surface area contributed by atoms with E-state index in [2.05, 4.69) is 10.2 Å². The number of ether oxygens (including phenoxy) is 2. The Morgan fingerprint density at radius 1 is 0.909 bits per heavy atom. The summed E-state index contributed by atoms with van der Waals surface area (Å²) in [7, 11) is 0. The molecule has 0 unspecified atom stereocenters. The number of carbonyl (C=O) groups excluding carboxylic acids is 1. The van der Waals surface area contributed by atoms with Crippen LogP contribution in [0.2, 0.25) is 0 Å². The summed E-state index contributed by atoms with van der Waals surface area (Å²) in [5.74, 6) is -1.07. The monoisotopic (exact) mass is 602 g/mol. The van der Waals surface area contributed by atoms with Gasteiger partial charge in [-0.05, 0) is 53.6 Å². The van der Waals surface area contributed by atoms with Gasteiger partial charge in [0, 0.05) is 44.0 Å². The summed E-state index contributed by atoms with van der Waals surface area (Å²) in [4.78, 5) is 25.3. The average molecular weight is 603 g/mol. The van der Waals surface area contributed by atoms with Crippen molar-refractivity contribution in [2.45, 2.75) is 76.2 Å². The topological polar surface area (TPSA) is 129 Å². The number of amides is 1. The maximum atomic E-state index is 12.2. The molecule has 234 valence electrons. The highest BCUT2D eigenvalue weighted by molar-refractivity contribution is 5.77. The number of aliphatic hydroxyl groups excluding tert-OH is 2. The molecule has 5 rings (SSSR count). The third kappa shape index (κ3) is 8.31. The Kier molecular flexibility index (Phi) is 11.1. The Morgan fingerprint density at radius 3 is 2.39 bits per heavy atom. The number of nitrogens with one attached hydrogen (secondary N) is 1. The van der Waals surface area contributed by atoms with Gasteiger partial charge in [0.15, 0.2) is 6.29 Å². The van der Waals surface area contributed by atoms with Crippen LogP contribution in [-0.2, 0) is 32.2 Å². The number of hydrogen-bond donors (Lipinski definition) is 4. The molecule has 44 heavy (non-hydrogen) atoms. The summed E-state index contributed by atoms with van der Waals surface area (Å²) < 4.78 is 13.1. The van der Waals surface area contributed by atoms with E-state index in [1.807, 2.05) is 72.8 Å². The summed E-state index contributed by atoms with van der Waals surface area (Å²) in [5, 5.41) is 31.1. The number of hydrogen-bond acceptors (Lipinski definition) is 7. The molecule has 0 spiro atoms. The first kappa shape index (κ1) is 31.8. The molecular weight excluding hydrogens is 560 g/mol. The molecule has 0 saturated carbocycles. The van der Waals surface area contributed by atoms with Crippen LogP contribution in [0.15, 0.2) is 72.8 Å². The molecule has 0 aliphatic carbocycles. The number of benzene rings is 3. The molecule has 0 radical (unpaired) electrons. The van der Waals surface area contributed by atoms with Gasteiger partial charge in [-0.15, -0.1) is 0 Å². The number of likely N-dealkylation sites (tertiary alicyclic amines) is 1. The third-order valence-corrected chi connectivity index (χ3v) is 8.54. The van der Waals surface area contributed by atoms with E-state index in [1.54, 1.807) is 0 Å². The fourth-order valence-electron chi connectivity index (χ4n) is 6.10. The number of nitrogens with zero attached hydrogens (tertiary/aromatic N) is 1. The minimum Gasteiger partial charge on any atom is -0.481 e. The van der Waals surface area contributed by atoms with E-state index in [-0.39, 0.29) is 50.2 Å². The van der Waals surface area contributed by atoms with Crippen LogP contribution in [0.4, 0.5) is 0 Å². The molecule has 2 aliphatic rings. The first-order valence-electron chi connectivity index (χ1n) is 15.5. The second-order valence-corrected chi connectivity index (χ2v) is 11.6. The quantitative estimate of drug-likeness (QED) is 0.221. The summed E-state index contributed by atoms with van der Waals surface area (Å²) in [6, 6.07) is 24.0. The maximum Gasteiger partial charge on any atom is 0.303 e. The van der Waals surface area contributed by atoms with Crippen molar-refractivity contribution < 1.29 is 34.4 Å². The van der Waals surface area contributed by atoms with Crippen molar-refractivity contribution in [3.63, 3.8) is 0 Å². The van der Waals surface area contributed by atoms with Crippen LogP contribution in [0, 0.1) is 0 Å². The Hall–Kier alpha value is -3.60. The van der Waals surface area contributed by atoms with E-state index in [4.69, 9.17) is 14.6 Å². The molecule has 0 aromatic heterocycles. The van der Waals surface area contributed by atoms with E-state index < -0.39 is 12.3 Å².